The monoisotopic (exact) mass is 530 g/mol. The van der Waals surface area contributed by atoms with E-state index in [9.17, 15) is 22.4 Å². The highest BCUT2D eigenvalue weighted by Crippen LogP contribution is 2.27. The first-order chi connectivity index (χ1) is 17.1. The SMILES string of the molecule is C=CCN(c1ccccc1)S(=O)(=O)c1ccc(Cl)c(C(=O)OCC(=O)N(C)Cc2ccc(F)cc2)c1. The Morgan fingerprint density at radius 1 is 1.06 bits per heavy atom. The van der Waals surface area contributed by atoms with Crippen LogP contribution in [0.2, 0.25) is 5.02 Å². The van der Waals surface area contributed by atoms with Crippen molar-refractivity contribution in [3.05, 3.63) is 107 Å². The van der Waals surface area contributed by atoms with Crippen molar-refractivity contribution in [1.29, 1.82) is 0 Å². The molecule has 0 aliphatic carbocycles. The van der Waals surface area contributed by atoms with Gasteiger partial charge in [-0.2, -0.15) is 0 Å². The minimum absolute atomic E-state index is 0.00362. The van der Waals surface area contributed by atoms with Gasteiger partial charge in [0.15, 0.2) is 6.61 Å². The number of sulfonamides is 1. The molecule has 0 aliphatic heterocycles. The van der Waals surface area contributed by atoms with Gasteiger partial charge in [0.25, 0.3) is 15.9 Å². The maximum atomic E-state index is 13.4. The van der Waals surface area contributed by atoms with Crippen LogP contribution in [-0.4, -0.2) is 45.4 Å². The van der Waals surface area contributed by atoms with Gasteiger partial charge in [-0.05, 0) is 48.0 Å². The van der Waals surface area contributed by atoms with Gasteiger partial charge in [0.05, 0.1) is 27.7 Å². The van der Waals surface area contributed by atoms with E-state index < -0.39 is 28.5 Å². The molecule has 0 aromatic heterocycles. The minimum atomic E-state index is -4.08. The molecule has 10 heteroatoms. The summed E-state index contributed by atoms with van der Waals surface area (Å²) >= 11 is 6.15. The van der Waals surface area contributed by atoms with Gasteiger partial charge in [-0.1, -0.05) is 48.0 Å². The number of carbonyl (C=O) groups excluding carboxylic acids is 2. The lowest BCUT2D eigenvalue weighted by Crippen LogP contribution is -2.31. The third-order valence-corrected chi connectivity index (χ3v) is 7.29. The van der Waals surface area contributed by atoms with E-state index in [4.69, 9.17) is 16.3 Å². The lowest BCUT2D eigenvalue weighted by molar-refractivity contribution is -0.133. The van der Waals surface area contributed by atoms with Crippen molar-refractivity contribution in [1.82, 2.24) is 4.90 Å². The number of nitrogens with zero attached hydrogens (tertiary/aromatic N) is 2. The molecular formula is C26H24ClFN2O5S. The van der Waals surface area contributed by atoms with Crippen LogP contribution in [0.1, 0.15) is 15.9 Å². The third-order valence-electron chi connectivity index (χ3n) is 5.17. The van der Waals surface area contributed by atoms with Crippen LogP contribution in [0.15, 0.2) is 90.3 Å². The molecule has 0 atom stereocenters. The fraction of sp³-hybridized carbons (Fsp3) is 0.154. The number of carbonyl (C=O) groups is 2. The molecule has 0 heterocycles. The number of ether oxygens (including phenoxy) is 1. The van der Waals surface area contributed by atoms with Crippen LogP contribution in [-0.2, 0) is 26.1 Å². The summed E-state index contributed by atoms with van der Waals surface area (Å²) in [6.07, 6.45) is 1.45. The van der Waals surface area contributed by atoms with Crippen molar-refractivity contribution in [2.24, 2.45) is 0 Å². The van der Waals surface area contributed by atoms with Crippen molar-refractivity contribution >= 4 is 39.2 Å². The van der Waals surface area contributed by atoms with Crippen molar-refractivity contribution in [2.45, 2.75) is 11.4 Å². The van der Waals surface area contributed by atoms with Gasteiger partial charge in [0.1, 0.15) is 5.82 Å². The summed E-state index contributed by atoms with van der Waals surface area (Å²) in [4.78, 5) is 26.2. The molecule has 3 aromatic carbocycles. The third kappa shape index (κ3) is 6.50. The molecule has 0 bridgehead atoms. The number of para-hydroxylation sites is 1. The average molecular weight is 531 g/mol. The first-order valence-corrected chi connectivity index (χ1v) is 12.6. The standard InChI is InChI=1S/C26H24ClFN2O5S/c1-3-15-30(21-7-5-4-6-8-21)36(33,34)22-13-14-24(27)23(16-22)26(32)35-18-25(31)29(2)17-19-9-11-20(28)12-10-19/h3-14,16H,1,15,17-18H2,2H3. The Morgan fingerprint density at radius 2 is 1.72 bits per heavy atom. The second kappa shape index (κ2) is 11.8. The van der Waals surface area contributed by atoms with Gasteiger partial charge < -0.3 is 9.64 Å². The highest BCUT2D eigenvalue weighted by atomic mass is 35.5. The van der Waals surface area contributed by atoms with E-state index >= 15 is 0 Å². The Hall–Kier alpha value is -3.69. The van der Waals surface area contributed by atoms with Gasteiger partial charge in [-0.3, -0.25) is 9.10 Å². The summed E-state index contributed by atoms with van der Waals surface area (Å²) in [5, 5.41) is -0.0268. The van der Waals surface area contributed by atoms with Crippen LogP contribution in [0.4, 0.5) is 10.1 Å². The van der Waals surface area contributed by atoms with Crippen LogP contribution < -0.4 is 4.31 Å². The quantitative estimate of drug-likeness (QED) is 0.281. The molecule has 1 amide bonds. The van der Waals surface area contributed by atoms with Gasteiger partial charge in [0, 0.05) is 13.6 Å². The molecule has 0 spiro atoms. The number of benzene rings is 3. The summed E-state index contributed by atoms with van der Waals surface area (Å²) in [6, 6.07) is 17.8. The number of rotatable bonds is 10. The minimum Gasteiger partial charge on any atom is -0.452 e. The fourth-order valence-electron chi connectivity index (χ4n) is 3.27. The van der Waals surface area contributed by atoms with E-state index in [1.807, 2.05) is 0 Å². The fourth-order valence-corrected chi connectivity index (χ4v) is 4.93. The Morgan fingerprint density at radius 3 is 2.36 bits per heavy atom. The van der Waals surface area contributed by atoms with Crippen LogP contribution in [0.5, 0.6) is 0 Å². The normalized spacial score (nSPS) is 11.0. The van der Waals surface area contributed by atoms with Crippen molar-refractivity contribution in [3.63, 3.8) is 0 Å². The van der Waals surface area contributed by atoms with Crippen LogP contribution in [0.25, 0.3) is 0 Å². The smallest absolute Gasteiger partial charge is 0.340 e. The van der Waals surface area contributed by atoms with E-state index in [2.05, 4.69) is 6.58 Å². The molecule has 7 nitrogen and oxygen atoms in total. The lowest BCUT2D eigenvalue weighted by atomic mass is 10.2. The highest BCUT2D eigenvalue weighted by molar-refractivity contribution is 7.92. The molecule has 0 unspecified atom stereocenters. The van der Waals surface area contributed by atoms with Crippen LogP contribution in [0.3, 0.4) is 0 Å². The Kier molecular flexibility index (Phi) is 8.84. The number of esters is 1. The first kappa shape index (κ1) is 26.9. The zero-order valence-electron chi connectivity index (χ0n) is 19.4. The average Bonchev–Trinajstić information content (AvgIpc) is 2.87. The summed E-state index contributed by atoms with van der Waals surface area (Å²) in [5.74, 6) is -1.84. The summed E-state index contributed by atoms with van der Waals surface area (Å²) < 4.78 is 46.0. The van der Waals surface area contributed by atoms with Gasteiger partial charge >= 0.3 is 5.97 Å². The number of hydrogen-bond acceptors (Lipinski definition) is 5. The maximum absolute atomic E-state index is 13.4. The van der Waals surface area contributed by atoms with E-state index in [1.165, 1.54) is 42.3 Å². The topological polar surface area (TPSA) is 84.0 Å². The predicted octanol–water partition coefficient (Wildman–Crippen LogP) is 4.68. The molecule has 0 aliphatic rings. The number of amides is 1. The van der Waals surface area contributed by atoms with E-state index in [0.29, 0.717) is 11.3 Å². The second-order valence-corrected chi connectivity index (χ2v) is 10.0. The molecule has 3 aromatic rings. The summed E-state index contributed by atoms with van der Waals surface area (Å²) in [5.41, 5.74) is 0.923. The van der Waals surface area contributed by atoms with Crippen molar-refractivity contribution in [2.75, 3.05) is 24.5 Å². The van der Waals surface area contributed by atoms with Crippen molar-refractivity contribution < 1.29 is 27.1 Å². The lowest BCUT2D eigenvalue weighted by Gasteiger charge is -2.23. The maximum Gasteiger partial charge on any atom is 0.340 e. The predicted molar refractivity (Wildman–Crippen MR) is 136 cm³/mol. The zero-order chi connectivity index (χ0) is 26.3. The Balaban J connectivity index is 1.74. The van der Waals surface area contributed by atoms with Gasteiger partial charge in [0.2, 0.25) is 0 Å². The molecule has 0 N–H and O–H groups in total. The number of likely N-dealkylation sites (N-methyl/N-ethyl adjacent to an activating group) is 1. The summed E-state index contributed by atoms with van der Waals surface area (Å²) in [7, 11) is -2.57. The molecule has 0 saturated heterocycles. The van der Waals surface area contributed by atoms with Crippen LogP contribution >= 0.6 is 11.6 Å². The molecule has 0 fully saturated rings. The van der Waals surface area contributed by atoms with Crippen molar-refractivity contribution in [3.8, 4) is 0 Å². The van der Waals surface area contributed by atoms with Crippen LogP contribution in [0, 0.1) is 5.82 Å². The second-order valence-electron chi connectivity index (χ2n) is 7.75. The van der Waals surface area contributed by atoms with Gasteiger partial charge in [-0.25, -0.2) is 17.6 Å². The molecular weight excluding hydrogens is 507 g/mol. The number of halogens is 2. The van der Waals surface area contributed by atoms with E-state index in [1.54, 1.807) is 42.5 Å². The summed E-state index contributed by atoms with van der Waals surface area (Å²) in [6.45, 7) is 3.23. The zero-order valence-corrected chi connectivity index (χ0v) is 21.0. The molecule has 36 heavy (non-hydrogen) atoms. The molecule has 3 rings (SSSR count). The Labute approximate surface area is 214 Å². The number of hydrogen-bond donors (Lipinski definition) is 0. The molecule has 0 radical (unpaired) electrons. The molecule has 188 valence electrons. The highest BCUT2D eigenvalue weighted by Gasteiger charge is 2.26. The van der Waals surface area contributed by atoms with Gasteiger partial charge in [-0.15, -0.1) is 6.58 Å². The Bertz CT molecular complexity index is 1350. The van der Waals surface area contributed by atoms with E-state index in [0.717, 1.165) is 10.4 Å². The first-order valence-electron chi connectivity index (χ1n) is 10.8. The van der Waals surface area contributed by atoms with E-state index in [-0.39, 0.29) is 34.4 Å². The molecule has 0 saturated carbocycles. The number of anilines is 1. The largest absolute Gasteiger partial charge is 0.452 e.